The first-order valence-electron chi connectivity index (χ1n) is 9.85. The molecule has 0 bridgehead atoms. The first-order valence-corrected chi connectivity index (χ1v) is 11.8. The summed E-state index contributed by atoms with van der Waals surface area (Å²) >= 11 is 1.79. The molecule has 0 saturated carbocycles. The van der Waals surface area contributed by atoms with Gasteiger partial charge in [0, 0.05) is 9.79 Å². The van der Waals surface area contributed by atoms with E-state index in [1.165, 1.54) is 20.4 Å². The molecule has 0 unspecified atom stereocenters. The summed E-state index contributed by atoms with van der Waals surface area (Å²) in [6.45, 7) is 0. The number of rotatable bonds is 4. The van der Waals surface area contributed by atoms with Crippen LogP contribution < -0.4 is 15.7 Å². The molecule has 4 aromatic carbocycles. The molecule has 0 aliphatic rings. The van der Waals surface area contributed by atoms with E-state index < -0.39 is 12.1 Å². The highest BCUT2D eigenvalue weighted by molar-refractivity contribution is 7.99. The number of aliphatic carboxylic acids is 1. The number of carboxylic acid groups (broad SMARTS) is 1. The lowest BCUT2D eigenvalue weighted by molar-refractivity contribution is -0.344. The third-order valence-corrected chi connectivity index (χ3v) is 6.34. The fourth-order valence-electron chi connectivity index (χ4n) is 2.40. The molecule has 0 radical (unpaired) electrons. The van der Waals surface area contributed by atoms with Crippen molar-refractivity contribution >= 4 is 36.9 Å². The van der Waals surface area contributed by atoms with Crippen LogP contribution >= 0.6 is 20.3 Å². The maximum atomic E-state index is 10.5. The number of benzene rings is 4. The second kappa shape index (κ2) is 14.1. The van der Waals surface area contributed by atoms with Gasteiger partial charge in [0.2, 0.25) is 0 Å². The zero-order valence-corrected chi connectivity index (χ0v) is 19.5. The summed E-state index contributed by atoms with van der Waals surface area (Å²) in [5, 5.41) is 11.7. The summed E-state index contributed by atoms with van der Waals surface area (Å²) in [4.78, 5) is 11.4. The fourth-order valence-corrected chi connectivity index (χ4v) is 4.48. The largest absolute Gasteiger partial charge is 0.542 e. The van der Waals surface area contributed by atoms with Gasteiger partial charge in [-0.05, 0) is 48.5 Å². The second-order valence-electron chi connectivity index (χ2n) is 6.48. The normalized spacial score (nSPS) is 10.2. The van der Waals surface area contributed by atoms with Gasteiger partial charge in [0.25, 0.3) is 0 Å². The molecule has 7 heteroatoms. The standard InChI is InChI=1S/C12H11P.C12H10S.C2HF3O2/c2*1-3-7-11(8-4-1)13-12-9-5-2-6-10-12;3-2(4,5)1(6)7/h1-10,13H;1-10H;(H,6,7). The fraction of sp³-hybridized carbons (Fsp3) is 0.0385. The van der Waals surface area contributed by atoms with Crippen molar-refractivity contribution < 1.29 is 23.1 Å². The molecule has 33 heavy (non-hydrogen) atoms. The molecular weight excluding hydrogens is 464 g/mol. The number of carboxylic acids is 1. The first-order chi connectivity index (χ1) is 15.8. The molecule has 0 atom stereocenters. The SMILES string of the molecule is O=C([O-])C(F)(F)F.c1ccc(Sc2ccccc2)cc1.c1ccc([PH2+]c2ccccc2)cc1. The average Bonchev–Trinajstić information content (AvgIpc) is 2.82. The van der Waals surface area contributed by atoms with Gasteiger partial charge in [-0.2, -0.15) is 13.2 Å². The highest BCUT2D eigenvalue weighted by Crippen LogP contribution is 2.26. The van der Waals surface area contributed by atoms with Crippen LogP contribution in [0.4, 0.5) is 13.2 Å². The Balaban J connectivity index is 0.000000185. The van der Waals surface area contributed by atoms with Crippen LogP contribution in [0.15, 0.2) is 131 Å². The minimum absolute atomic E-state index is 0.271. The Morgan fingerprint density at radius 2 is 0.879 bits per heavy atom. The van der Waals surface area contributed by atoms with Crippen LogP contribution in [-0.4, -0.2) is 12.1 Å². The Morgan fingerprint density at radius 3 is 1.15 bits per heavy atom. The highest BCUT2D eigenvalue weighted by atomic mass is 32.2. The van der Waals surface area contributed by atoms with Gasteiger partial charge in [0.05, 0.1) is 19.2 Å². The van der Waals surface area contributed by atoms with Gasteiger partial charge in [-0.3, -0.25) is 0 Å². The number of carbonyl (C=O) groups is 1. The summed E-state index contributed by atoms with van der Waals surface area (Å²) in [5.74, 6) is -3.01. The van der Waals surface area contributed by atoms with Crippen molar-refractivity contribution in [3.8, 4) is 0 Å². The Labute approximate surface area is 197 Å². The predicted molar refractivity (Wildman–Crippen MR) is 130 cm³/mol. The lowest BCUT2D eigenvalue weighted by atomic mass is 10.4. The molecule has 2 nitrogen and oxygen atoms in total. The van der Waals surface area contributed by atoms with Gasteiger partial charge >= 0.3 is 6.18 Å². The summed E-state index contributed by atoms with van der Waals surface area (Å²) in [6, 6.07) is 42.1. The summed E-state index contributed by atoms with van der Waals surface area (Å²) in [6.07, 6.45) is -5.19. The molecule has 170 valence electrons. The maximum absolute atomic E-state index is 10.5. The van der Waals surface area contributed by atoms with E-state index in [4.69, 9.17) is 9.90 Å². The number of carbonyl (C=O) groups excluding carboxylic acids is 1. The van der Waals surface area contributed by atoms with E-state index in [0.29, 0.717) is 0 Å². The Kier molecular flexibility index (Phi) is 11.2. The summed E-state index contributed by atoms with van der Waals surface area (Å²) < 4.78 is 31.5. The smallest absolute Gasteiger partial charge is 0.430 e. The van der Waals surface area contributed by atoms with Gasteiger partial charge in [0.15, 0.2) is 0 Å². The molecule has 0 aliphatic heterocycles. The molecule has 0 amide bonds. The molecular formula is C26H22F3O2PS. The van der Waals surface area contributed by atoms with E-state index in [2.05, 4.69) is 109 Å². The number of hydrogen-bond donors (Lipinski definition) is 0. The van der Waals surface area contributed by atoms with E-state index >= 15 is 0 Å². The van der Waals surface area contributed by atoms with Gasteiger partial charge in [-0.15, -0.1) is 0 Å². The molecule has 0 fully saturated rings. The van der Waals surface area contributed by atoms with Crippen LogP contribution in [0.1, 0.15) is 0 Å². The highest BCUT2D eigenvalue weighted by Gasteiger charge is 2.28. The number of halogens is 3. The number of alkyl halides is 3. The van der Waals surface area contributed by atoms with Crippen molar-refractivity contribution in [1.29, 1.82) is 0 Å². The van der Waals surface area contributed by atoms with Crippen molar-refractivity contribution in [1.82, 2.24) is 0 Å². The lowest BCUT2D eigenvalue weighted by Gasteiger charge is -2.03. The minimum atomic E-state index is -5.19. The summed E-state index contributed by atoms with van der Waals surface area (Å²) in [7, 11) is 0.271. The molecule has 0 N–H and O–H groups in total. The van der Waals surface area contributed by atoms with Gasteiger partial charge < -0.3 is 9.90 Å². The van der Waals surface area contributed by atoms with Crippen LogP contribution in [0.3, 0.4) is 0 Å². The van der Waals surface area contributed by atoms with Crippen molar-refractivity contribution in [2.45, 2.75) is 16.0 Å². The molecule has 4 aromatic rings. The average molecular weight is 486 g/mol. The van der Waals surface area contributed by atoms with Crippen LogP contribution in [-0.2, 0) is 4.79 Å². The zero-order valence-electron chi connectivity index (χ0n) is 17.5. The van der Waals surface area contributed by atoms with E-state index in [0.717, 1.165) is 0 Å². The van der Waals surface area contributed by atoms with Crippen molar-refractivity contribution in [3.63, 3.8) is 0 Å². The molecule has 0 heterocycles. The predicted octanol–water partition coefficient (Wildman–Crippen LogP) is 5.18. The monoisotopic (exact) mass is 486 g/mol. The third kappa shape index (κ3) is 11.4. The maximum Gasteiger partial charge on any atom is 0.430 e. The number of hydrogen-bond acceptors (Lipinski definition) is 3. The van der Waals surface area contributed by atoms with Crippen molar-refractivity contribution in [2.24, 2.45) is 0 Å². The second-order valence-corrected chi connectivity index (χ2v) is 9.25. The van der Waals surface area contributed by atoms with Crippen LogP contribution in [0, 0.1) is 0 Å². The molecule has 0 spiro atoms. The zero-order chi connectivity index (χ0) is 23.9. The topological polar surface area (TPSA) is 40.1 Å². The Bertz CT molecular complexity index is 910. The minimum Gasteiger partial charge on any atom is -0.542 e. The van der Waals surface area contributed by atoms with Crippen molar-refractivity contribution in [3.05, 3.63) is 121 Å². The molecule has 0 aromatic heterocycles. The first kappa shape index (κ1) is 26.2. The van der Waals surface area contributed by atoms with E-state index in [9.17, 15) is 13.2 Å². The van der Waals surface area contributed by atoms with E-state index in [1.54, 1.807) is 11.8 Å². The molecule has 0 saturated heterocycles. The van der Waals surface area contributed by atoms with Gasteiger partial charge in [0.1, 0.15) is 5.97 Å². The van der Waals surface area contributed by atoms with E-state index in [1.807, 2.05) is 12.1 Å². The lowest BCUT2D eigenvalue weighted by Crippen LogP contribution is -2.37. The van der Waals surface area contributed by atoms with E-state index in [-0.39, 0.29) is 8.58 Å². The van der Waals surface area contributed by atoms with Crippen molar-refractivity contribution in [2.75, 3.05) is 0 Å². The van der Waals surface area contributed by atoms with Gasteiger partial charge in [-0.1, -0.05) is 84.6 Å². The Morgan fingerprint density at radius 1 is 0.606 bits per heavy atom. The van der Waals surface area contributed by atoms with Crippen LogP contribution in [0.25, 0.3) is 0 Å². The third-order valence-electron chi connectivity index (χ3n) is 3.89. The van der Waals surface area contributed by atoms with Crippen LogP contribution in [0.5, 0.6) is 0 Å². The quantitative estimate of drug-likeness (QED) is 0.373. The van der Waals surface area contributed by atoms with Gasteiger partial charge in [-0.25, -0.2) is 0 Å². The summed E-state index contributed by atoms with van der Waals surface area (Å²) in [5.41, 5.74) is 0. The molecule has 0 aliphatic carbocycles. The molecule has 4 rings (SSSR count). The van der Waals surface area contributed by atoms with Crippen LogP contribution in [0.2, 0.25) is 0 Å². The Hall–Kier alpha value is -3.08.